The van der Waals surface area contributed by atoms with E-state index in [1.165, 1.54) is 6.92 Å². The van der Waals surface area contributed by atoms with Gasteiger partial charge in [0.15, 0.2) is 6.67 Å². The lowest BCUT2D eigenvalue weighted by molar-refractivity contribution is -0.167. The molecule has 0 radical (unpaired) electrons. The fraction of sp³-hybridized carbons (Fsp3) is 1.00. The minimum Gasteiger partial charge on any atom is -0.260 e. The van der Waals surface area contributed by atoms with Crippen molar-refractivity contribution in [3.8, 4) is 0 Å². The lowest BCUT2D eigenvalue weighted by Gasteiger charge is -1.93. The summed E-state index contributed by atoms with van der Waals surface area (Å²) in [6.45, 7) is -7.22. The minimum atomic E-state index is -5.17. The Morgan fingerprint density at radius 1 is 0.786 bits per heavy atom. The molecule has 0 atom stereocenters. The van der Waals surface area contributed by atoms with Gasteiger partial charge < -0.3 is 0 Å². The Hall–Kier alpha value is -1.15. The molecule has 0 unspecified atom stereocenters. The second-order valence-corrected chi connectivity index (χ2v) is 2.89. The molecule has 0 rings (SSSR count). The maximum Gasteiger partial charge on any atom is 0.435 e. The van der Waals surface area contributed by atoms with E-state index >= 15 is 0 Å². The molecule has 0 aromatic carbocycles. The highest BCUT2D eigenvalue weighted by Gasteiger charge is 2.26. The van der Waals surface area contributed by atoms with Crippen molar-refractivity contribution >= 4 is 10.5 Å². The average molecular weight is 490 g/mol. The van der Waals surface area contributed by atoms with Crippen LogP contribution in [0.3, 0.4) is 0 Å². The molecule has 0 bridgehead atoms. The van der Waals surface area contributed by atoms with Gasteiger partial charge in [-0.05, 0) is 16.0 Å². The number of hydrogen-bond donors (Lipinski definition) is 1. The monoisotopic (exact) mass is 490 g/mol. The number of alkyl halides is 11. The summed E-state index contributed by atoms with van der Waals surface area (Å²) < 4.78 is 164. The van der Waals surface area contributed by atoms with Crippen molar-refractivity contribution in [3.63, 3.8) is 0 Å². The van der Waals surface area contributed by atoms with Crippen LogP contribution in [0.5, 0.6) is 0 Å². The summed E-state index contributed by atoms with van der Waals surface area (Å²) in [4.78, 5) is 4.75. The standard InChI is InChI=1S/C2H2F4.C2H5F.2CH2F2O.2CH2F2.FHO3S/c3-1-2(4,5)6;1-2-3;2*2-1-4-3;2*2-1-3;1-5(2,3)4/h1H2;2H2,1H3;2*1H2;2*1H2;(H,2,3,4). The summed E-state index contributed by atoms with van der Waals surface area (Å²) in [5.74, 6) is 0. The molecule has 0 spiro atoms. The van der Waals surface area contributed by atoms with Gasteiger partial charge in [-0.1, -0.05) is 3.89 Å². The Labute approximate surface area is 150 Å². The minimum absolute atomic E-state index is 0.250. The molecule has 182 valence electrons. The highest BCUT2D eigenvalue weighted by molar-refractivity contribution is 7.80. The van der Waals surface area contributed by atoms with Crippen molar-refractivity contribution in [1.82, 2.24) is 0 Å². The summed E-state index contributed by atoms with van der Waals surface area (Å²) in [5, 5.41) is 0. The number of rotatable bonds is 2. The van der Waals surface area contributed by atoms with E-state index in [-0.39, 0.29) is 6.67 Å². The molecule has 28 heavy (non-hydrogen) atoms. The summed E-state index contributed by atoms with van der Waals surface area (Å²) in [6, 6.07) is 0. The molecule has 0 saturated carbocycles. The van der Waals surface area contributed by atoms with Crippen LogP contribution in [0, 0.1) is 0 Å². The zero-order valence-corrected chi connectivity index (χ0v) is 14.3. The normalized spacial score (nSPS) is 8.71. The Morgan fingerprint density at radius 3 is 0.857 bits per heavy atom. The van der Waals surface area contributed by atoms with Crippen LogP contribution in [0.15, 0.2) is 0 Å². The van der Waals surface area contributed by atoms with Crippen molar-refractivity contribution in [1.29, 1.82) is 0 Å². The van der Waals surface area contributed by atoms with Gasteiger partial charge in [0.05, 0.1) is 6.67 Å². The predicted molar refractivity (Wildman–Crippen MR) is 66.8 cm³/mol. The lowest BCUT2D eigenvalue weighted by atomic mass is 10.8. The molecule has 0 aliphatic heterocycles. The summed E-state index contributed by atoms with van der Waals surface area (Å²) in [7, 11) is -5.17. The van der Waals surface area contributed by atoms with E-state index in [9.17, 15) is 61.2 Å². The van der Waals surface area contributed by atoms with Gasteiger partial charge in [0.2, 0.25) is 27.6 Å². The van der Waals surface area contributed by atoms with E-state index < -0.39 is 50.9 Å². The number of hydrogen-bond acceptors (Lipinski definition) is 4. The predicted octanol–water partition coefficient (Wildman–Crippen LogP) is 5.65. The zero-order chi connectivity index (χ0) is 24.7. The second kappa shape index (κ2) is 44.9. The summed E-state index contributed by atoms with van der Waals surface area (Å²) in [5.41, 5.74) is 0. The summed E-state index contributed by atoms with van der Waals surface area (Å²) >= 11 is 0. The van der Waals surface area contributed by atoms with Gasteiger partial charge in [0.1, 0.15) is 0 Å². The van der Waals surface area contributed by atoms with Gasteiger partial charge in [-0.25, -0.2) is 30.7 Å². The zero-order valence-electron chi connectivity index (χ0n) is 13.5. The van der Waals surface area contributed by atoms with Crippen molar-refractivity contribution in [2.24, 2.45) is 0 Å². The Balaban J connectivity index is -0.0000000374. The Bertz CT molecular complexity index is 271. The molecule has 1 N–H and O–H groups in total. The molecular formula is C8H16F14O5S. The first-order valence-corrected chi connectivity index (χ1v) is 6.66. The van der Waals surface area contributed by atoms with Crippen LogP contribution < -0.4 is 0 Å². The molecule has 0 amide bonds. The second-order valence-electron chi connectivity index (χ2n) is 2.07. The van der Waals surface area contributed by atoms with Crippen molar-refractivity contribution in [2.75, 3.05) is 40.9 Å². The van der Waals surface area contributed by atoms with E-state index in [1.54, 1.807) is 0 Å². The maximum absolute atomic E-state index is 10.4. The van der Waals surface area contributed by atoms with Crippen LogP contribution >= 0.6 is 0 Å². The van der Waals surface area contributed by atoms with Gasteiger partial charge in [0, 0.05) is 0 Å². The van der Waals surface area contributed by atoms with Crippen LogP contribution in [-0.2, 0) is 20.4 Å². The van der Waals surface area contributed by atoms with E-state index in [0.29, 0.717) is 0 Å². The molecule has 0 aliphatic rings. The molecule has 20 heteroatoms. The molecule has 5 nitrogen and oxygen atoms in total. The Morgan fingerprint density at radius 2 is 0.857 bits per heavy atom. The SMILES string of the molecule is CCF.FCC(F)(F)F.FCF.FCF.FCOF.FCOF.O=S(=O)(O)F. The fourth-order valence-electron chi connectivity index (χ4n) is 0. The van der Waals surface area contributed by atoms with Gasteiger partial charge in [-0.2, -0.15) is 31.5 Å². The smallest absolute Gasteiger partial charge is 0.260 e. The average Bonchev–Trinajstić information content (AvgIpc) is 2.55. The van der Waals surface area contributed by atoms with Crippen LogP contribution in [0.25, 0.3) is 0 Å². The van der Waals surface area contributed by atoms with Crippen LogP contribution in [0.2, 0.25) is 0 Å². The fourth-order valence-corrected chi connectivity index (χ4v) is 0. The van der Waals surface area contributed by atoms with Crippen LogP contribution in [0.1, 0.15) is 6.92 Å². The van der Waals surface area contributed by atoms with Crippen molar-refractivity contribution in [2.45, 2.75) is 13.1 Å². The van der Waals surface area contributed by atoms with Crippen LogP contribution in [-0.4, -0.2) is 60.1 Å². The van der Waals surface area contributed by atoms with E-state index in [1.807, 2.05) is 0 Å². The highest BCUT2D eigenvalue weighted by atomic mass is 32.3. The van der Waals surface area contributed by atoms with Gasteiger partial charge in [-0.15, -0.1) is 0 Å². The van der Waals surface area contributed by atoms with Gasteiger partial charge in [-0.3, -0.25) is 8.94 Å². The van der Waals surface area contributed by atoms with Crippen molar-refractivity contribution in [3.05, 3.63) is 0 Å². The molecule has 0 fully saturated rings. The largest absolute Gasteiger partial charge is 0.435 e. The Kier molecular flexibility index (Phi) is 73.1. The van der Waals surface area contributed by atoms with E-state index in [4.69, 9.17) is 13.0 Å². The molecule has 0 aromatic heterocycles. The highest BCUT2D eigenvalue weighted by Crippen LogP contribution is 2.13. The number of halogens is 14. The lowest BCUT2D eigenvalue weighted by Crippen LogP contribution is -2.08. The third kappa shape index (κ3) is 954. The topological polar surface area (TPSA) is 72.8 Å². The maximum atomic E-state index is 10.4. The third-order valence-electron chi connectivity index (χ3n) is 0.234. The molecule has 0 aromatic rings. The molecule has 0 heterocycles. The first kappa shape index (κ1) is 45.5. The van der Waals surface area contributed by atoms with Gasteiger partial charge >= 0.3 is 16.7 Å². The molecule has 0 saturated heterocycles. The summed E-state index contributed by atoms with van der Waals surface area (Å²) in [6.07, 6.45) is -4.62. The molecular weight excluding hydrogens is 474 g/mol. The third-order valence-corrected chi connectivity index (χ3v) is 0.234. The van der Waals surface area contributed by atoms with Crippen LogP contribution in [0.4, 0.5) is 61.2 Å². The quantitative estimate of drug-likeness (QED) is 0.308. The first-order chi connectivity index (χ1) is 12.6. The first-order valence-electron chi connectivity index (χ1n) is 5.32. The van der Waals surface area contributed by atoms with Gasteiger partial charge in [0.25, 0.3) is 0 Å². The molecule has 0 aliphatic carbocycles. The van der Waals surface area contributed by atoms with Crippen molar-refractivity contribution < 1.29 is 84.1 Å². The van der Waals surface area contributed by atoms with E-state index in [0.717, 1.165) is 0 Å². The van der Waals surface area contributed by atoms with E-state index in [2.05, 4.69) is 9.88 Å².